The fourth-order valence-corrected chi connectivity index (χ4v) is 5.54. The first-order valence-electron chi connectivity index (χ1n) is 19.7. The lowest BCUT2D eigenvalue weighted by atomic mass is 9.99. The number of hydrogen-bond donors (Lipinski definition) is 1. The molecule has 0 fully saturated rings. The summed E-state index contributed by atoms with van der Waals surface area (Å²) in [5, 5.41) is 0. The zero-order valence-electron chi connectivity index (χ0n) is 31.5. The van der Waals surface area contributed by atoms with Gasteiger partial charge >= 0.3 is 11.9 Å². The summed E-state index contributed by atoms with van der Waals surface area (Å²) in [6, 6.07) is 0. The van der Waals surface area contributed by atoms with E-state index in [2.05, 4.69) is 38.2 Å². The Morgan fingerprint density at radius 3 is 1.21 bits per heavy atom. The maximum Gasteiger partial charge on any atom is 0.306 e. The normalized spacial score (nSPS) is 12.4. The molecule has 2 N–H and O–H groups in total. The number of rotatable bonds is 34. The third-order valence-electron chi connectivity index (χ3n) is 8.78. The summed E-state index contributed by atoms with van der Waals surface area (Å²) in [5.41, 5.74) is 5.48. The van der Waals surface area contributed by atoms with E-state index in [-0.39, 0.29) is 35.5 Å². The van der Waals surface area contributed by atoms with Gasteiger partial charge < -0.3 is 15.2 Å². The van der Waals surface area contributed by atoms with E-state index < -0.39 is 11.6 Å². The molecule has 0 saturated carbocycles. The summed E-state index contributed by atoms with van der Waals surface area (Å²) in [4.78, 5) is 24.8. The largest absolute Gasteiger partial charge is 0.462 e. The van der Waals surface area contributed by atoms with E-state index in [1.54, 1.807) is 0 Å². The van der Waals surface area contributed by atoms with Crippen LogP contribution in [0.15, 0.2) is 24.3 Å². The number of esters is 2. The zero-order chi connectivity index (χ0) is 34.0. The summed E-state index contributed by atoms with van der Waals surface area (Å²) in [6.45, 7) is 8.17. The molecule has 0 rings (SSSR count). The van der Waals surface area contributed by atoms with Gasteiger partial charge in [-0.3, -0.25) is 9.59 Å². The van der Waals surface area contributed by atoms with E-state index in [4.69, 9.17) is 15.2 Å². The first-order valence-corrected chi connectivity index (χ1v) is 19.7. The number of hydrogen-bond acceptors (Lipinski definition) is 5. The van der Waals surface area contributed by atoms with Gasteiger partial charge in [0.2, 0.25) is 0 Å². The van der Waals surface area contributed by atoms with Gasteiger partial charge in [-0.25, -0.2) is 0 Å². The van der Waals surface area contributed by atoms with E-state index >= 15 is 0 Å². The molecule has 0 aliphatic heterocycles. The van der Waals surface area contributed by atoms with E-state index in [0.29, 0.717) is 12.8 Å². The molecule has 0 aliphatic carbocycles. The summed E-state index contributed by atoms with van der Waals surface area (Å²) in [5.74, 6) is -0.491. The molecule has 0 saturated heterocycles. The van der Waals surface area contributed by atoms with Crippen LogP contribution in [0.25, 0.3) is 0 Å². The Labute approximate surface area is 302 Å². The number of carbonyl (C=O) groups is 2. The maximum atomic E-state index is 12.5. The molecule has 47 heavy (non-hydrogen) atoms. The summed E-state index contributed by atoms with van der Waals surface area (Å²) < 4.78 is 11.1. The molecule has 0 amide bonds. The Kier molecular flexibility index (Phi) is 36.9. The van der Waals surface area contributed by atoms with Crippen molar-refractivity contribution < 1.29 is 19.1 Å². The molecule has 6 heteroatoms. The van der Waals surface area contributed by atoms with Crippen LogP contribution in [0, 0.1) is 0 Å². The van der Waals surface area contributed by atoms with Gasteiger partial charge in [-0.2, -0.15) is 0 Å². The summed E-state index contributed by atoms with van der Waals surface area (Å²) in [7, 11) is 0. The number of ether oxygens (including phenoxy) is 2. The minimum atomic E-state index is -0.776. The van der Waals surface area contributed by atoms with Gasteiger partial charge in [0.15, 0.2) is 6.10 Å². The second-order valence-corrected chi connectivity index (χ2v) is 14.2. The Morgan fingerprint density at radius 2 is 0.851 bits per heavy atom. The highest BCUT2D eigenvalue weighted by Gasteiger charge is 2.30. The molecule has 0 aromatic carbocycles. The van der Waals surface area contributed by atoms with Crippen LogP contribution in [-0.4, -0.2) is 30.2 Å². The van der Waals surface area contributed by atoms with Gasteiger partial charge in [0.1, 0.15) is 6.61 Å². The topological polar surface area (TPSA) is 78.6 Å². The van der Waals surface area contributed by atoms with Crippen LogP contribution in [0.2, 0.25) is 0 Å². The van der Waals surface area contributed by atoms with Crippen molar-refractivity contribution in [2.45, 2.75) is 219 Å². The van der Waals surface area contributed by atoms with Crippen LogP contribution >= 0.6 is 17.0 Å². The van der Waals surface area contributed by atoms with Gasteiger partial charge in [0.05, 0.1) is 5.54 Å². The van der Waals surface area contributed by atoms with Crippen LogP contribution in [0.1, 0.15) is 207 Å². The number of carbonyl (C=O) groups excluding carboxylic acids is 2. The first-order chi connectivity index (χ1) is 22.3. The maximum absolute atomic E-state index is 12.5. The Bertz CT molecular complexity index is 746. The van der Waals surface area contributed by atoms with Crippen molar-refractivity contribution in [3.63, 3.8) is 0 Å². The van der Waals surface area contributed by atoms with Crippen molar-refractivity contribution in [3.8, 4) is 0 Å². The average Bonchev–Trinajstić information content (AvgIpc) is 3.02. The predicted molar refractivity (Wildman–Crippen MR) is 208 cm³/mol. The molecule has 0 radical (unpaired) electrons. The van der Waals surface area contributed by atoms with Crippen LogP contribution in [0.5, 0.6) is 0 Å². The number of halogens is 1. The van der Waals surface area contributed by atoms with Crippen molar-refractivity contribution >= 4 is 28.9 Å². The lowest BCUT2D eigenvalue weighted by Crippen LogP contribution is -2.50. The standard InChI is InChI=1S/C41H77NO4.BrH/c1-5-7-9-11-13-15-17-19-21-23-25-27-29-31-33-35-39(43)45-37-38(41(3,4)42)46-40(44)36-34-32-30-28-26-24-22-20-18-16-14-12-10-8-6-2;/h19-22,38H,5-18,23-37,42H2,1-4H3;1H/b21-19-,22-20-;. The monoisotopic (exact) mass is 728 g/mol. The smallest absolute Gasteiger partial charge is 0.306 e. The molecule has 0 bridgehead atoms. The summed E-state index contributed by atoms with van der Waals surface area (Å²) in [6.07, 6.45) is 41.3. The minimum Gasteiger partial charge on any atom is -0.462 e. The fourth-order valence-electron chi connectivity index (χ4n) is 5.54. The molecule has 1 unspecified atom stereocenters. The van der Waals surface area contributed by atoms with Gasteiger partial charge in [0.25, 0.3) is 0 Å². The number of nitrogens with two attached hydrogens (primary N) is 1. The molecule has 0 aromatic rings. The predicted octanol–water partition coefficient (Wildman–Crippen LogP) is 12.8. The molecule has 0 heterocycles. The van der Waals surface area contributed by atoms with E-state index in [1.807, 2.05) is 13.8 Å². The highest BCUT2D eigenvalue weighted by atomic mass is 79.9. The van der Waals surface area contributed by atoms with Gasteiger partial charge in [0, 0.05) is 12.8 Å². The third kappa shape index (κ3) is 36.0. The van der Waals surface area contributed by atoms with Crippen molar-refractivity contribution in [3.05, 3.63) is 24.3 Å². The van der Waals surface area contributed by atoms with Crippen molar-refractivity contribution in [2.24, 2.45) is 5.73 Å². The highest BCUT2D eigenvalue weighted by molar-refractivity contribution is 8.93. The molecule has 0 spiro atoms. The molecular weight excluding hydrogens is 650 g/mol. The van der Waals surface area contributed by atoms with Crippen molar-refractivity contribution in [1.29, 1.82) is 0 Å². The van der Waals surface area contributed by atoms with E-state index in [9.17, 15) is 9.59 Å². The third-order valence-corrected chi connectivity index (χ3v) is 8.78. The molecule has 278 valence electrons. The average molecular weight is 729 g/mol. The Hall–Kier alpha value is -1.14. The van der Waals surface area contributed by atoms with E-state index in [1.165, 1.54) is 116 Å². The lowest BCUT2D eigenvalue weighted by molar-refractivity contribution is -0.163. The first kappa shape index (κ1) is 48.0. The van der Waals surface area contributed by atoms with Gasteiger partial charge in [-0.05, 0) is 78.1 Å². The van der Waals surface area contributed by atoms with Crippen molar-refractivity contribution in [2.75, 3.05) is 6.61 Å². The SMILES string of the molecule is Br.CCCCCCCC/C=C\CCCCCCCC(=O)OCC(OC(=O)CCCCCCC/C=C\CCCCCCCC)C(C)(C)N. The molecular formula is C41H78BrNO4. The minimum absolute atomic E-state index is 0. The van der Waals surface area contributed by atoms with Gasteiger partial charge in [-0.15, -0.1) is 17.0 Å². The van der Waals surface area contributed by atoms with E-state index in [0.717, 1.165) is 51.4 Å². The molecule has 0 aromatic heterocycles. The van der Waals surface area contributed by atoms with Crippen LogP contribution in [-0.2, 0) is 19.1 Å². The van der Waals surface area contributed by atoms with Crippen LogP contribution in [0.4, 0.5) is 0 Å². The zero-order valence-corrected chi connectivity index (χ0v) is 33.2. The summed E-state index contributed by atoms with van der Waals surface area (Å²) >= 11 is 0. The molecule has 1 atom stereocenters. The number of allylic oxidation sites excluding steroid dienone is 4. The second-order valence-electron chi connectivity index (χ2n) is 14.2. The second kappa shape index (κ2) is 36.1. The van der Waals surface area contributed by atoms with Gasteiger partial charge in [-0.1, -0.05) is 141 Å². The Morgan fingerprint density at radius 1 is 0.532 bits per heavy atom. The number of unbranched alkanes of at least 4 members (excludes halogenated alkanes) is 22. The van der Waals surface area contributed by atoms with Crippen LogP contribution in [0.3, 0.4) is 0 Å². The van der Waals surface area contributed by atoms with Crippen LogP contribution < -0.4 is 5.73 Å². The fraction of sp³-hybridized carbons (Fsp3) is 0.854. The molecule has 5 nitrogen and oxygen atoms in total. The Balaban J connectivity index is 0. The molecule has 0 aliphatic rings. The lowest BCUT2D eigenvalue weighted by Gasteiger charge is -2.29. The quantitative estimate of drug-likeness (QED) is 0.0405. The highest BCUT2D eigenvalue weighted by Crippen LogP contribution is 2.16. The van der Waals surface area contributed by atoms with Crippen molar-refractivity contribution in [1.82, 2.24) is 0 Å².